The van der Waals surface area contributed by atoms with Crippen molar-refractivity contribution in [2.24, 2.45) is 0 Å². The molecule has 7 heteroatoms. The van der Waals surface area contributed by atoms with Gasteiger partial charge in [0.2, 0.25) is 0 Å². The predicted octanol–water partition coefficient (Wildman–Crippen LogP) is 0.845. The lowest BCUT2D eigenvalue weighted by Gasteiger charge is -2.07. The van der Waals surface area contributed by atoms with E-state index in [1.165, 1.54) is 6.92 Å². The highest BCUT2D eigenvalue weighted by atomic mass is 19.1. The highest BCUT2D eigenvalue weighted by molar-refractivity contribution is 5.94. The first-order chi connectivity index (χ1) is 7.90. The van der Waals surface area contributed by atoms with Crippen LogP contribution in [0.25, 0.3) is 0 Å². The lowest BCUT2D eigenvalue weighted by Crippen LogP contribution is -2.30. The molecule has 0 unspecified atom stereocenters. The van der Waals surface area contributed by atoms with E-state index in [1.807, 2.05) is 0 Å². The SMILES string of the molecule is C[C@H](O)CNC(=O)c1cc(F)cc([N+](=O)[O-])c1. The predicted molar refractivity (Wildman–Crippen MR) is 57.1 cm³/mol. The van der Waals surface area contributed by atoms with E-state index in [-0.39, 0.29) is 12.1 Å². The molecule has 6 nitrogen and oxygen atoms in total. The fourth-order valence-electron chi connectivity index (χ4n) is 1.15. The largest absolute Gasteiger partial charge is 0.392 e. The fourth-order valence-corrected chi connectivity index (χ4v) is 1.15. The number of nitro groups is 1. The number of halogens is 1. The Hall–Kier alpha value is -2.02. The zero-order valence-corrected chi connectivity index (χ0v) is 9.01. The number of nitrogens with one attached hydrogen (secondary N) is 1. The standard InChI is InChI=1S/C10H11FN2O4/c1-6(14)5-12-10(15)7-2-8(11)4-9(3-7)13(16)17/h2-4,6,14H,5H2,1H3,(H,12,15)/t6-/m0/s1. The second-order valence-corrected chi connectivity index (χ2v) is 3.51. The van der Waals surface area contributed by atoms with Crippen LogP contribution in [-0.4, -0.2) is 28.6 Å². The normalized spacial score (nSPS) is 11.9. The lowest BCUT2D eigenvalue weighted by molar-refractivity contribution is -0.385. The number of carbonyl (C=O) groups is 1. The highest BCUT2D eigenvalue weighted by Crippen LogP contribution is 2.16. The molecule has 1 rings (SSSR count). The molecule has 0 aliphatic rings. The summed E-state index contributed by atoms with van der Waals surface area (Å²) in [5.74, 6) is -1.53. The van der Waals surface area contributed by atoms with Gasteiger partial charge >= 0.3 is 0 Å². The molecular weight excluding hydrogens is 231 g/mol. The molecule has 0 saturated carbocycles. The van der Waals surface area contributed by atoms with Gasteiger partial charge < -0.3 is 10.4 Å². The van der Waals surface area contributed by atoms with Gasteiger partial charge in [-0.05, 0) is 13.0 Å². The van der Waals surface area contributed by atoms with Crippen LogP contribution in [0.3, 0.4) is 0 Å². The Bertz CT molecular complexity index is 448. The molecule has 0 aliphatic carbocycles. The zero-order valence-electron chi connectivity index (χ0n) is 9.01. The summed E-state index contributed by atoms with van der Waals surface area (Å²) < 4.78 is 13.0. The number of rotatable bonds is 4. The summed E-state index contributed by atoms with van der Waals surface area (Å²) in [6.45, 7) is 1.46. The molecule has 0 bridgehead atoms. The maximum Gasteiger partial charge on any atom is 0.273 e. The number of carbonyl (C=O) groups excluding carboxylic acids is 1. The van der Waals surface area contributed by atoms with Crippen molar-refractivity contribution in [1.82, 2.24) is 5.32 Å². The average Bonchev–Trinajstić information content (AvgIpc) is 2.24. The number of nitrogens with zero attached hydrogens (tertiary/aromatic N) is 1. The van der Waals surface area contributed by atoms with Crippen molar-refractivity contribution in [2.45, 2.75) is 13.0 Å². The third-order valence-electron chi connectivity index (χ3n) is 1.91. The first-order valence-corrected chi connectivity index (χ1v) is 4.81. The first kappa shape index (κ1) is 13.0. The first-order valence-electron chi connectivity index (χ1n) is 4.81. The molecule has 0 fully saturated rings. The molecular formula is C10H11FN2O4. The minimum absolute atomic E-state index is 0.0108. The van der Waals surface area contributed by atoms with Crippen LogP contribution in [0.4, 0.5) is 10.1 Å². The summed E-state index contributed by atoms with van der Waals surface area (Å²) in [6, 6.07) is 2.59. The number of non-ortho nitro benzene ring substituents is 1. The summed E-state index contributed by atoms with van der Waals surface area (Å²) in [6.07, 6.45) is -0.748. The summed E-state index contributed by atoms with van der Waals surface area (Å²) >= 11 is 0. The molecule has 2 N–H and O–H groups in total. The average molecular weight is 242 g/mol. The van der Waals surface area contributed by atoms with Crippen LogP contribution in [0.1, 0.15) is 17.3 Å². The smallest absolute Gasteiger partial charge is 0.273 e. The van der Waals surface area contributed by atoms with Crippen molar-refractivity contribution in [2.75, 3.05) is 6.54 Å². The quantitative estimate of drug-likeness (QED) is 0.604. The van der Waals surface area contributed by atoms with E-state index < -0.39 is 28.4 Å². The highest BCUT2D eigenvalue weighted by Gasteiger charge is 2.14. The van der Waals surface area contributed by atoms with E-state index in [0.717, 1.165) is 18.2 Å². The van der Waals surface area contributed by atoms with Gasteiger partial charge in [0.05, 0.1) is 17.1 Å². The molecule has 17 heavy (non-hydrogen) atoms. The monoisotopic (exact) mass is 242 g/mol. The van der Waals surface area contributed by atoms with Crippen LogP contribution in [0.5, 0.6) is 0 Å². The number of nitro benzene ring substituents is 1. The molecule has 0 radical (unpaired) electrons. The van der Waals surface area contributed by atoms with E-state index in [4.69, 9.17) is 5.11 Å². The molecule has 0 aromatic heterocycles. The number of hydrogen-bond donors (Lipinski definition) is 2. The molecule has 1 aromatic rings. The van der Waals surface area contributed by atoms with Gasteiger partial charge in [0.1, 0.15) is 5.82 Å². The second-order valence-electron chi connectivity index (χ2n) is 3.51. The molecule has 1 amide bonds. The van der Waals surface area contributed by atoms with Crippen molar-refractivity contribution >= 4 is 11.6 Å². The Labute approximate surface area is 96.2 Å². The Morgan fingerprint density at radius 1 is 1.59 bits per heavy atom. The van der Waals surface area contributed by atoms with Crippen LogP contribution in [0.15, 0.2) is 18.2 Å². The van der Waals surface area contributed by atoms with E-state index in [2.05, 4.69) is 5.32 Å². The van der Waals surface area contributed by atoms with Gasteiger partial charge in [-0.25, -0.2) is 4.39 Å². The van der Waals surface area contributed by atoms with Crippen molar-refractivity contribution in [3.63, 3.8) is 0 Å². The molecule has 92 valence electrons. The molecule has 0 aliphatic heterocycles. The number of aliphatic hydroxyl groups is 1. The molecule has 0 spiro atoms. The Morgan fingerprint density at radius 3 is 2.76 bits per heavy atom. The topological polar surface area (TPSA) is 92.5 Å². The van der Waals surface area contributed by atoms with E-state index in [1.54, 1.807) is 0 Å². The van der Waals surface area contributed by atoms with E-state index in [0.29, 0.717) is 0 Å². The summed E-state index contributed by atoms with van der Waals surface area (Å²) in [5.41, 5.74) is -0.649. The van der Waals surface area contributed by atoms with Gasteiger partial charge in [-0.3, -0.25) is 14.9 Å². The number of amides is 1. The summed E-state index contributed by atoms with van der Waals surface area (Å²) in [7, 11) is 0. The van der Waals surface area contributed by atoms with Crippen molar-refractivity contribution in [1.29, 1.82) is 0 Å². The van der Waals surface area contributed by atoms with Crippen molar-refractivity contribution in [3.8, 4) is 0 Å². The minimum atomic E-state index is -0.860. The van der Waals surface area contributed by atoms with Gasteiger partial charge in [0.25, 0.3) is 11.6 Å². The molecule has 0 heterocycles. The Kier molecular flexibility index (Phi) is 4.11. The van der Waals surface area contributed by atoms with Gasteiger partial charge in [-0.15, -0.1) is 0 Å². The Balaban J connectivity index is 2.90. The van der Waals surface area contributed by atoms with E-state index >= 15 is 0 Å². The number of aliphatic hydroxyl groups excluding tert-OH is 1. The van der Waals surface area contributed by atoms with E-state index in [9.17, 15) is 19.3 Å². The van der Waals surface area contributed by atoms with Crippen molar-refractivity contribution < 1.29 is 19.2 Å². The van der Waals surface area contributed by atoms with Crippen LogP contribution in [0, 0.1) is 15.9 Å². The number of benzene rings is 1. The third-order valence-corrected chi connectivity index (χ3v) is 1.91. The molecule has 0 saturated heterocycles. The summed E-state index contributed by atoms with van der Waals surface area (Å²) in [5, 5.41) is 21.7. The van der Waals surface area contributed by atoms with Crippen LogP contribution >= 0.6 is 0 Å². The van der Waals surface area contributed by atoms with Gasteiger partial charge in [-0.2, -0.15) is 0 Å². The Morgan fingerprint density at radius 2 is 2.24 bits per heavy atom. The van der Waals surface area contributed by atoms with Crippen LogP contribution < -0.4 is 5.32 Å². The molecule has 1 aromatic carbocycles. The fraction of sp³-hybridized carbons (Fsp3) is 0.300. The number of hydrogen-bond acceptors (Lipinski definition) is 4. The third kappa shape index (κ3) is 3.80. The van der Waals surface area contributed by atoms with Crippen molar-refractivity contribution in [3.05, 3.63) is 39.7 Å². The zero-order chi connectivity index (χ0) is 13.0. The summed E-state index contributed by atoms with van der Waals surface area (Å²) in [4.78, 5) is 21.1. The lowest BCUT2D eigenvalue weighted by atomic mass is 10.2. The second kappa shape index (κ2) is 5.35. The van der Waals surface area contributed by atoms with Crippen LogP contribution in [0.2, 0.25) is 0 Å². The van der Waals surface area contributed by atoms with Gasteiger partial charge in [0, 0.05) is 18.2 Å². The maximum atomic E-state index is 13.0. The maximum absolute atomic E-state index is 13.0. The van der Waals surface area contributed by atoms with Crippen LogP contribution in [-0.2, 0) is 0 Å². The van der Waals surface area contributed by atoms with Gasteiger partial charge in [0.15, 0.2) is 0 Å². The molecule has 1 atom stereocenters. The minimum Gasteiger partial charge on any atom is -0.392 e. The van der Waals surface area contributed by atoms with Gasteiger partial charge in [-0.1, -0.05) is 0 Å².